The number of thiazole rings is 1. The normalized spacial score (nSPS) is 10.6. The Morgan fingerprint density at radius 3 is 2.72 bits per heavy atom. The molecular formula is C22H17FN4O4S. The molecule has 1 N–H and O–H groups in total. The number of hydrogen-bond acceptors (Lipinski definition) is 8. The first-order valence-electron chi connectivity index (χ1n) is 9.42. The van der Waals surface area contributed by atoms with E-state index in [4.69, 9.17) is 14.0 Å². The van der Waals surface area contributed by atoms with Crippen molar-refractivity contribution in [1.82, 2.24) is 20.7 Å². The van der Waals surface area contributed by atoms with Crippen LogP contribution in [-0.2, 0) is 0 Å². The second-order valence-corrected chi connectivity index (χ2v) is 7.39. The minimum absolute atomic E-state index is 0.140. The first kappa shape index (κ1) is 21.2. The molecule has 0 aliphatic carbocycles. The number of hydroxylamine groups is 1. The minimum Gasteiger partial charge on any atom is -0.488 e. The number of rotatable bonds is 8. The molecule has 2 aromatic heterocycles. The van der Waals surface area contributed by atoms with E-state index in [1.54, 1.807) is 55.5 Å². The van der Waals surface area contributed by atoms with Gasteiger partial charge in [0, 0.05) is 12.5 Å². The van der Waals surface area contributed by atoms with Crippen LogP contribution in [0.4, 0.5) is 4.39 Å². The van der Waals surface area contributed by atoms with Crippen LogP contribution in [0.25, 0.3) is 22.0 Å². The minimum atomic E-state index is -0.493. The second-order valence-electron chi connectivity index (χ2n) is 6.41. The van der Waals surface area contributed by atoms with E-state index in [2.05, 4.69) is 27.2 Å². The number of benzene rings is 2. The van der Waals surface area contributed by atoms with Gasteiger partial charge in [0.05, 0.1) is 17.3 Å². The lowest BCUT2D eigenvalue weighted by molar-refractivity contribution is 0.0760. The van der Waals surface area contributed by atoms with Crippen molar-refractivity contribution in [1.29, 1.82) is 0 Å². The summed E-state index contributed by atoms with van der Waals surface area (Å²) in [4.78, 5) is 22.2. The van der Waals surface area contributed by atoms with Crippen LogP contribution >= 0.6 is 11.3 Å². The molecule has 0 fully saturated rings. The van der Waals surface area contributed by atoms with Crippen molar-refractivity contribution in [2.75, 3.05) is 6.61 Å². The Kier molecular flexibility index (Phi) is 6.22. The summed E-state index contributed by atoms with van der Waals surface area (Å²) in [7, 11) is 0. The molecule has 162 valence electrons. The maximum atomic E-state index is 13.8. The van der Waals surface area contributed by atoms with E-state index in [1.165, 1.54) is 0 Å². The number of halogens is 1. The van der Waals surface area contributed by atoms with Crippen molar-refractivity contribution < 1.29 is 23.2 Å². The third-order valence-electron chi connectivity index (χ3n) is 4.20. The number of aromatic nitrogens is 3. The lowest BCUT2D eigenvalue weighted by atomic mass is 10.1. The van der Waals surface area contributed by atoms with Crippen molar-refractivity contribution >= 4 is 17.2 Å². The summed E-state index contributed by atoms with van der Waals surface area (Å²) in [5.74, 6) is 0.593. The third-order valence-corrected chi connectivity index (χ3v) is 5.01. The molecule has 0 aliphatic heterocycles. The Bertz CT molecular complexity index is 1260. The number of ether oxygens (including phenoxy) is 1. The van der Waals surface area contributed by atoms with E-state index in [0.29, 0.717) is 22.6 Å². The Hall–Kier alpha value is -4.05. The van der Waals surface area contributed by atoms with Gasteiger partial charge in [-0.25, -0.2) is 4.98 Å². The Morgan fingerprint density at radius 1 is 1.25 bits per heavy atom. The van der Waals surface area contributed by atoms with Gasteiger partial charge in [0.25, 0.3) is 11.8 Å². The molecule has 0 atom stereocenters. The van der Waals surface area contributed by atoms with Gasteiger partial charge in [-0.2, -0.15) is 9.87 Å². The Balaban J connectivity index is 1.78. The van der Waals surface area contributed by atoms with E-state index in [9.17, 15) is 9.18 Å². The number of hydrogen-bond donors (Lipinski definition) is 1. The number of nitrogens with zero attached hydrogens (tertiary/aromatic N) is 3. The van der Waals surface area contributed by atoms with Crippen molar-refractivity contribution in [2.45, 2.75) is 6.92 Å². The SMILES string of the molecule is C=CCOc1c(-c2nnc(C)o2)ccc(ONC(=O)c2ccccc2)c1-c1ncc(F)s1. The summed E-state index contributed by atoms with van der Waals surface area (Å²) in [5, 5.41) is 7.69. The molecule has 4 rings (SSSR count). The van der Waals surface area contributed by atoms with E-state index in [-0.39, 0.29) is 29.0 Å². The quantitative estimate of drug-likeness (QED) is 0.308. The molecule has 8 nitrogen and oxygen atoms in total. The van der Waals surface area contributed by atoms with Crippen LogP contribution in [0.2, 0.25) is 0 Å². The molecule has 2 heterocycles. The van der Waals surface area contributed by atoms with Crippen LogP contribution in [0.3, 0.4) is 0 Å². The molecule has 4 aromatic rings. The molecular weight excluding hydrogens is 435 g/mol. The first-order chi connectivity index (χ1) is 15.6. The maximum Gasteiger partial charge on any atom is 0.283 e. The third kappa shape index (κ3) is 4.49. The maximum absolute atomic E-state index is 13.8. The molecule has 2 aromatic carbocycles. The van der Waals surface area contributed by atoms with Crippen molar-refractivity contribution in [2.24, 2.45) is 0 Å². The highest BCUT2D eigenvalue weighted by atomic mass is 32.1. The molecule has 0 saturated carbocycles. The van der Waals surface area contributed by atoms with Gasteiger partial charge in [-0.3, -0.25) is 4.79 Å². The molecule has 0 spiro atoms. The molecule has 0 radical (unpaired) electrons. The summed E-state index contributed by atoms with van der Waals surface area (Å²) in [6.45, 7) is 5.47. The summed E-state index contributed by atoms with van der Waals surface area (Å²) in [6.07, 6.45) is 2.65. The van der Waals surface area contributed by atoms with Crippen LogP contribution in [0, 0.1) is 12.1 Å². The number of nitrogens with one attached hydrogen (secondary N) is 1. The van der Waals surface area contributed by atoms with Gasteiger partial charge in [-0.1, -0.05) is 42.2 Å². The fourth-order valence-corrected chi connectivity index (χ4v) is 3.53. The van der Waals surface area contributed by atoms with Gasteiger partial charge < -0.3 is 14.0 Å². The number of carbonyl (C=O) groups excluding carboxylic acids is 1. The van der Waals surface area contributed by atoms with Crippen molar-refractivity contribution in [3.63, 3.8) is 0 Å². The number of carbonyl (C=O) groups is 1. The fourth-order valence-electron chi connectivity index (χ4n) is 2.84. The summed E-state index contributed by atoms with van der Waals surface area (Å²) >= 11 is 0.799. The number of aryl methyl sites for hydroxylation is 1. The lowest BCUT2D eigenvalue weighted by Gasteiger charge is -2.16. The van der Waals surface area contributed by atoms with Gasteiger partial charge in [0.1, 0.15) is 17.4 Å². The van der Waals surface area contributed by atoms with Crippen molar-refractivity contribution in [3.05, 3.63) is 77.9 Å². The topological polar surface area (TPSA) is 99.4 Å². The largest absolute Gasteiger partial charge is 0.488 e. The van der Waals surface area contributed by atoms with Crippen LogP contribution in [0.1, 0.15) is 16.2 Å². The highest BCUT2D eigenvalue weighted by Gasteiger charge is 2.25. The predicted octanol–water partition coefficient (Wildman–Crippen LogP) is 4.60. The average Bonchev–Trinajstić information content (AvgIpc) is 3.44. The van der Waals surface area contributed by atoms with Crippen LogP contribution < -0.4 is 15.1 Å². The van der Waals surface area contributed by atoms with Crippen LogP contribution in [-0.4, -0.2) is 27.7 Å². The highest BCUT2D eigenvalue weighted by molar-refractivity contribution is 7.13. The fraction of sp³-hybridized carbons (Fsp3) is 0.0909. The summed E-state index contributed by atoms with van der Waals surface area (Å²) in [6, 6.07) is 11.8. The van der Waals surface area contributed by atoms with E-state index in [0.717, 1.165) is 17.5 Å². The Morgan fingerprint density at radius 2 is 2.06 bits per heavy atom. The predicted molar refractivity (Wildman–Crippen MR) is 116 cm³/mol. The first-order valence-corrected chi connectivity index (χ1v) is 10.2. The summed E-state index contributed by atoms with van der Waals surface area (Å²) in [5.41, 5.74) is 3.59. The molecule has 10 heteroatoms. The Labute approximate surface area is 186 Å². The highest BCUT2D eigenvalue weighted by Crippen LogP contribution is 2.45. The second kappa shape index (κ2) is 9.40. The molecule has 0 aliphatic rings. The van der Waals surface area contributed by atoms with Gasteiger partial charge in [-0.15, -0.1) is 10.2 Å². The molecule has 32 heavy (non-hydrogen) atoms. The van der Waals surface area contributed by atoms with E-state index < -0.39 is 11.0 Å². The molecule has 1 amide bonds. The van der Waals surface area contributed by atoms with Crippen LogP contribution in [0.5, 0.6) is 11.5 Å². The summed E-state index contributed by atoms with van der Waals surface area (Å²) < 4.78 is 25.3. The molecule has 0 saturated heterocycles. The van der Waals surface area contributed by atoms with Gasteiger partial charge in [0.15, 0.2) is 10.9 Å². The molecule has 0 bridgehead atoms. The van der Waals surface area contributed by atoms with E-state index >= 15 is 0 Å². The smallest absolute Gasteiger partial charge is 0.283 e. The standard InChI is InChI=1S/C22H17FN4O4S/c1-3-11-29-19-15(21-26-25-13(2)30-21)9-10-16(18(19)22-24-12-17(23)32-22)31-27-20(28)14-7-5-4-6-8-14/h3-10,12H,1,11H2,2H3,(H,27,28). The zero-order valence-electron chi connectivity index (χ0n) is 16.9. The lowest BCUT2D eigenvalue weighted by Crippen LogP contribution is -2.27. The monoisotopic (exact) mass is 452 g/mol. The van der Waals surface area contributed by atoms with E-state index in [1.807, 2.05) is 0 Å². The van der Waals surface area contributed by atoms with Crippen molar-refractivity contribution in [3.8, 4) is 33.5 Å². The number of amides is 1. The van der Waals surface area contributed by atoms with Gasteiger partial charge in [0.2, 0.25) is 5.89 Å². The van der Waals surface area contributed by atoms with Crippen LogP contribution in [0.15, 0.2) is 65.7 Å². The van der Waals surface area contributed by atoms with Gasteiger partial charge >= 0.3 is 0 Å². The average molecular weight is 452 g/mol. The zero-order chi connectivity index (χ0) is 22.5. The zero-order valence-corrected chi connectivity index (χ0v) is 17.7. The molecule has 0 unspecified atom stereocenters. The van der Waals surface area contributed by atoms with Gasteiger partial charge in [-0.05, 0) is 24.3 Å².